The number of hydrogen-bond donors (Lipinski definition) is 2. The van der Waals surface area contributed by atoms with Crippen molar-refractivity contribution in [3.8, 4) is 0 Å². The maximum absolute atomic E-state index is 11.7. The number of anilines is 1. The van der Waals surface area contributed by atoms with Crippen molar-refractivity contribution in [2.24, 2.45) is 0 Å². The number of carbonyl (C=O) groups is 1. The van der Waals surface area contributed by atoms with Crippen LogP contribution in [0.4, 0.5) is 5.95 Å². The fourth-order valence-electron chi connectivity index (χ4n) is 1.79. The first-order valence-corrected chi connectivity index (χ1v) is 5.89. The van der Waals surface area contributed by atoms with Crippen LogP contribution >= 0.6 is 24.2 Å². The molecule has 1 amide bonds. The van der Waals surface area contributed by atoms with Crippen LogP contribution < -0.4 is 4.90 Å². The maximum atomic E-state index is 11.7. The predicted molar refractivity (Wildman–Crippen MR) is 66.4 cm³/mol. The number of thiol groups is 1. The molecular weight excluding hydrogens is 262 g/mol. The van der Waals surface area contributed by atoms with Crippen molar-refractivity contribution in [2.45, 2.75) is 11.7 Å². The highest BCUT2D eigenvalue weighted by atomic mass is 35.5. The van der Waals surface area contributed by atoms with Gasteiger partial charge in [0.05, 0.1) is 11.6 Å². The highest BCUT2D eigenvalue weighted by Gasteiger charge is 2.30. The molecule has 3 heterocycles. The van der Waals surface area contributed by atoms with Gasteiger partial charge < -0.3 is 0 Å². The number of halogens is 1. The number of nitrogens with zero attached hydrogens (tertiary/aromatic N) is 4. The molecule has 1 aliphatic heterocycles. The number of amides is 1. The molecule has 2 aromatic heterocycles. The molecule has 1 aliphatic rings. The van der Waals surface area contributed by atoms with Crippen molar-refractivity contribution in [3.63, 3.8) is 0 Å². The Labute approximate surface area is 107 Å². The van der Waals surface area contributed by atoms with E-state index in [0.29, 0.717) is 29.9 Å². The SMILES string of the molecule is O=C1CC(S)CN1c1nc(Cl)c2cn[nH]c2n1. The average molecular weight is 270 g/mol. The zero-order valence-electron chi connectivity index (χ0n) is 8.59. The molecule has 6 nitrogen and oxygen atoms in total. The van der Waals surface area contributed by atoms with Gasteiger partial charge in [-0.1, -0.05) is 11.6 Å². The molecule has 0 bridgehead atoms. The highest BCUT2D eigenvalue weighted by Crippen LogP contribution is 2.25. The summed E-state index contributed by atoms with van der Waals surface area (Å²) in [6.07, 6.45) is 1.94. The van der Waals surface area contributed by atoms with Gasteiger partial charge in [-0.25, -0.2) is 0 Å². The number of H-pyrrole nitrogens is 1. The van der Waals surface area contributed by atoms with Crippen molar-refractivity contribution in [1.29, 1.82) is 0 Å². The number of rotatable bonds is 1. The van der Waals surface area contributed by atoms with E-state index in [-0.39, 0.29) is 16.3 Å². The summed E-state index contributed by atoms with van der Waals surface area (Å²) in [6, 6.07) is 0. The largest absolute Gasteiger partial charge is 0.279 e. The normalized spacial score (nSPS) is 20.5. The number of carbonyl (C=O) groups excluding carboxylic acids is 1. The van der Waals surface area contributed by atoms with Gasteiger partial charge in [-0.2, -0.15) is 27.7 Å². The summed E-state index contributed by atoms with van der Waals surface area (Å²) < 4.78 is 0. The Kier molecular flexibility index (Phi) is 2.44. The third-order valence-corrected chi connectivity index (χ3v) is 3.23. The zero-order valence-corrected chi connectivity index (χ0v) is 10.2. The van der Waals surface area contributed by atoms with Crippen LogP contribution in [-0.4, -0.2) is 37.9 Å². The smallest absolute Gasteiger partial charge is 0.235 e. The molecule has 0 saturated carbocycles. The second-order valence-electron chi connectivity index (χ2n) is 3.81. The molecule has 88 valence electrons. The van der Waals surface area contributed by atoms with E-state index in [1.807, 2.05) is 0 Å². The van der Waals surface area contributed by atoms with E-state index in [9.17, 15) is 4.79 Å². The van der Waals surface area contributed by atoms with Gasteiger partial charge in [-0.3, -0.25) is 14.8 Å². The molecule has 1 unspecified atom stereocenters. The van der Waals surface area contributed by atoms with Crippen LogP contribution in [0, 0.1) is 0 Å². The highest BCUT2D eigenvalue weighted by molar-refractivity contribution is 7.81. The van der Waals surface area contributed by atoms with Gasteiger partial charge in [0.15, 0.2) is 5.65 Å². The lowest BCUT2D eigenvalue weighted by Crippen LogP contribution is -2.26. The van der Waals surface area contributed by atoms with Crippen LogP contribution in [0.25, 0.3) is 11.0 Å². The number of fused-ring (bicyclic) bond motifs is 1. The first-order chi connectivity index (χ1) is 8.15. The van der Waals surface area contributed by atoms with Crippen LogP contribution in [-0.2, 0) is 4.79 Å². The molecule has 1 saturated heterocycles. The third-order valence-electron chi connectivity index (χ3n) is 2.60. The minimum Gasteiger partial charge on any atom is -0.279 e. The van der Waals surface area contributed by atoms with Crippen molar-refractivity contribution in [2.75, 3.05) is 11.4 Å². The van der Waals surface area contributed by atoms with Gasteiger partial charge in [-0.05, 0) is 0 Å². The Bertz CT molecular complexity index is 600. The fourth-order valence-corrected chi connectivity index (χ4v) is 2.32. The van der Waals surface area contributed by atoms with Gasteiger partial charge in [0.1, 0.15) is 5.15 Å². The molecule has 1 atom stereocenters. The summed E-state index contributed by atoms with van der Waals surface area (Å²) in [5.74, 6) is 0.258. The van der Waals surface area contributed by atoms with Crippen LogP contribution in [0.15, 0.2) is 6.20 Å². The third kappa shape index (κ3) is 1.75. The van der Waals surface area contributed by atoms with Crippen LogP contribution in [0.2, 0.25) is 5.15 Å². The van der Waals surface area contributed by atoms with Crippen molar-refractivity contribution in [1.82, 2.24) is 20.2 Å². The quantitative estimate of drug-likeness (QED) is 0.599. The van der Waals surface area contributed by atoms with Crippen molar-refractivity contribution in [3.05, 3.63) is 11.3 Å². The average Bonchev–Trinajstić information content (AvgIpc) is 2.84. The standard InChI is InChI=1S/C9H8ClN5OS/c10-7-5-2-11-14-8(5)13-9(12-7)15-3-4(17)1-6(15)16/h2,4,17H,1,3H2,(H,11,12,13,14). The zero-order chi connectivity index (χ0) is 12.0. The summed E-state index contributed by atoms with van der Waals surface area (Å²) in [6.45, 7) is 0.498. The molecular formula is C9H8ClN5OS. The Balaban J connectivity index is 2.08. The number of nitrogens with one attached hydrogen (secondary N) is 1. The van der Waals surface area contributed by atoms with E-state index in [0.717, 1.165) is 0 Å². The van der Waals surface area contributed by atoms with Crippen LogP contribution in [0.1, 0.15) is 6.42 Å². The predicted octanol–water partition coefficient (Wildman–Crippen LogP) is 1.04. The Morgan fingerprint density at radius 2 is 2.35 bits per heavy atom. The van der Waals surface area contributed by atoms with E-state index in [1.54, 1.807) is 6.20 Å². The second kappa shape index (κ2) is 3.85. The van der Waals surface area contributed by atoms with E-state index in [4.69, 9.17) is 11.6 Å². The lowest BCUT2D eigenvalue weighted by Gasteiger charge is -2.13. The summed E-state index contributed by atoms with van der Waals surface area (Å²) in [7, 11) is 0. The molecule has 3 rings (SSSR count). The number of hydrogen-bond acceptors (Lipinski definition) is 5. The van der Waals surface area contributed by atoms with E-state index in [2.05, 4.69) is 32.8 Å². The van der Waals surface area contributed by atoms with Gasteiger partial charge >= 0.3 is 0 Å². The summed E-state index contributed by atoms with van der Waals surface area (Å²) >= 11 is 10.3. The lowest BCUT2D eigenvalue weighted by molar-refractivity contribution is -0.117. The van der Waals surface area contributed by atoms with E-state index >= 15 is 0 Å². The van der Waals surface area contributed by atoms with E-state index < -0.39 is 0 Å². The fraction of sp³-hybridized carbons (Fsp3) is 0.333. The monoisotopic (exact) mass is 269 g/mol. The van der Waals surface area contributed by atoms with E-state index in [1.165, 1.54) is 4.90 Å². The van der Waals surface area contributed by atoms with Crippen molar-refractivity contribution < 1.29 is 4.79 Å². The van der Waals surface area contributed by atoms with Crippen molar-refractivity contribution >= 4 is 47.1 Å². The Hall–Kier alpha value is -1.34. The molecule has 1 N–H and O–H groups in total. The van der Waals surface area contributed by atoms with Gasteiger partial charge in [0.2, 0.25) is 11.9 Å². The summed E-state index contributed by atoms with van der Waals surface area (Å²) in [5, 5.41) is 7.49. The molecule has 0 spiro atoms. The first kappa shape index (κ1) is 10.8. The lowest BCUT2D eigenvalue weighted by atomic mass is 10.4. The molecule has 0 radical (unpaired) electrons. The summed E-state index contributed by atoms with van der Waals surface area (Å²) in [4.78, 5) is 21.5. The second-order valence-corrected chi connectivity index (χ2v) is 4.90. The summed E-state index contributed by atoms with van der Waals surface area (Å²) in [5.41, 5.74) is 0.524. The number of aromatic amines is 1. The van der Waals surface area contributed by atoms with Gasteiger partial charge in [-0.15, -0.1) is 0 Å². The Morgan fingerprint density at radius 3 is 3.06 bits per heavy atom. The van der Waals surface area contributed by atoms with Crippen LogP contribution in [0.3, 0.4) is 0 Å². The minimum absolute atomic E-state index is 0.0161. The molecule has 2 aromatic rings. The molecule has 8 heteroatoms. The van der Waals surface area contributed by atoms with Gasteiger partial charge in [0.25, 0.3) is 0 Å². The van der Waals surface area contributed by atoms with Gasteiger partial charge in [0, 0.05) is 18.2 Å². The topological polar surface area (TPSA) is 74.8 Å². The molecule has 0 aliphatic carbocycles. The van der Waals surface area contributed by atoms with Crippen LogP contribution in [0.5, 0.6) is 0 Å². The first-order valence-electron chi connectivity index (χ1n) is 5.00. The number of aromatic nitrogens is 4. The molecule has 1 fully saturated rings. The maximum Gasteiger partial charge on any atom is 0.235 e. The Morgan fingerprint density at radius 1 is 1.53 bits per heavy atom. The molecule has 0 aromatic carbocycles. The molecule has 17 heavy (non-hydrogen) atoms. The minimum atomic E-state index is -0.0417.